The van der Waals surface area contributed by atoms with E-state index < -0.39 is 0 Å². The Labute approximate surface area is 424 Å². The molecular formula is C67H52N6. The van der Waals surface area contributed by atoms with Crippen molar-refractivity contribution < 1.29 is 0 Å². The Morgan fingerprint density at radius 3 is 1.42 bits per heavy atom. The lowest BCUT2D eigenvalue weighted by Crippen LogP contribution is -2.01. The molecule has 0 aliphatic rings. The quantitative estimate of drug-likeness (QED) is 0.160. The van der Waals surface area contributed by atoms with Gasteiger partial charge in [-0.3, -0.25) is 0 Å². The van der Waals surface area contributed by atoms with Gasteiger partial charge in [-0.25, -0.2) is 15.0 Å². The van der Waals surface area contributed by atoms with Crippen LogP contribution in [-0.4, -0.2) is 28.7 Å². The van der Waals surface area contributed by atoms with E-state index in [9.17, 15) is 0 Å². The van der Waals surface area contributed by atoms with Crippen molar-refractivity contribution >= 4 is 65.3 Å². The lowest BCUT2D eigenvalue weighted by Gasteiger charge is -2.13. The van der Waals surface area contributed by atoms with Gasteiger partial charge in [-0.15, -0.1) is 0 Å². The fourth-order valence-electron chi connectivity index (χ4n) is 10.6. The second-order valence-electron chi connectivity index (χ2n) is 17.7. The normalized spacial score (nSPS) is 11.3. The van der Waals surface area contributed by atoms with Gasteiger partial charge in [0.2, 0.25) is 0 Å². The molecule has 6 heteroatoms. The third-order valence-electron chi connectivity index (χ3n) is 13.7. The summed E-state index contributed by atoms with van der Waals surface area (Å²) < 4.78 is 7.17. The van der Waals surface area contributed by atoms with E-state index in [0.29, 0.717) is 17.5 Å². The van der Waals surface area contributed by atoms with Crippen molar-refractivity contribution in [3.63, 3.8) is 0 Å². The fraction of sp³-hybridized carbons (Fsp3) is 0.0597. The van der Waals surface area contributed by atoms with Crippen molar-refractivity contribution in [2.75, 3.05) is 0 Å². The Kier molecular flexibility index (Phi) is 11.7. The van der Waals surface area contributed by atoms with Crippen LogP contribution >= 0.6 is 0 Å². The number of rotatable bonds is 7. The molecule has 0 aliphatic heterocycles. The van der Waals surface area contributed by atoms with E-state index in [0.717, 1.165) is 50.3 Å². The van der Waals surface area contributed by atoms with Gasteiger partial charge < -0.3 is 13.7 Å². The maximum Gasteiger partial charge on any atom is 0.164 e. The molecule has 0 amide bonds. The first-order valence-corrected chi connectivity index (χ1v) is 25.3. The molecule has 6 nitrogen and oxygen atoms in total. The molecule has 0 unspecified atom stereocenters. The smallest absolute Gasteiger partial charge is 0.164 e. The number of para-hydroxylation sites is 1. The van der Waals surface area contributed by atoms with Gasteiger partial charge in [-0.1, -0.05) is 198 Å². The zero-order valence-electron chi connectivity index (χ0n) is 41.3. The van der Waals surface area contributed by atoms with Crippen molar-refractivity contribution in [1.29, 1.82) is 0 Å². The minimum absolute atomic E-state index is 0.620. The third kappa shape index (κ3) is 7.72. The van der Waals surface area contributed by atoms with Gasteiger partial charge in [0, 0.05) is 66.9 Å². The Hall–Kier alpha value is -9.39. The Balaban J connectivity index is 0.00000133. The summed E-state index contributed by atoms with van der Waals surface area (Å²) in [7, 11) is 0. The van der Waals surface area contributed by atoms with Crippen molar-refractivity contribution in [1.82, 2.24) is 28.7 Å². The maximum atomic E-state index is 5.08. The van der Waals surface area contributed by atoms with Gasteiger partial charge in [-0.2, -0.15) is 0 Å². The minimum Gasteiger partial charge on any atom is -0.316 e. The molecule has 4 aromatic heterocycles. The zero-order valence-corrected chi connectivity index (χ0v) is 41.3. The molecule has 14 aromatic rings. The summed E-state index contributed by atoms with van der Waals surface area (Å²) >= 11 is 0. The van der Waals surface area contributed by atoms with Crippen LogP contribution in [0.15, 0.2) is 243 Å². The van der Waals surface area contributed by atoms with Crippen molar-refractivity contribution in [2.24, 2.45) is 0 Å². The number of nitrogens with zero attached hydrogens (tertiary/aromatic N) is 6. The van der Waals surface area contributed by atoms with Crippen LogP contribution in [0.25, 0.3) is 128 Å². The molecule has 0 saturated heterocycles. The van der Waals surface area contributed by atoms with Crippen molar-refractivity contribution in [3.05, 3.63) is 243 Å². The molecular weight excluding hydrogens is 889 g/mol. The van der Waals surface area contributed by atoms with Crippen LogP contribution in [0.2, 0.25) is 0 Å². The zero-order chi connectivity index (χ0) is 49.4. The van der Waals surface area contributed by atoms with E-state index in [1.165, 1.54) is 59.9 Å². The Morgan fingerprint density at radius 1 is 0.274 bits per heavy atom. The third-order valence-corrected chi connectivity index (χ3v) is 13.7. The number of hydrogen-bond acceptors (Lipinski definition) is 3. The molecule has 0 saturated carbocycles. The summed E-state index contributed by atoms with van der Waals surface area (Å²) in [6, 6.07) is 84.2. The SMILES string of the molecule is CC.CC.c1ccc(-c2cccc(-n3c4ccc5ccccc5c4c4c5ccn(-c6ccc7c8ccccc8n(-c8cccc(-c9nc(-c%10ccccc%10)nc(-c%10ccccc%10)n9)c8)c7c6)c5ccc43)c2)cc1. The van der Waals surface area contributed by atoms with E-state index in [1.807, 2.05) is 88.4 Å². The Bertz CT molecular complexity index is 4240. The predicted molar refractivity (Wildman–Crippen MR) is 307 cm³/mol. The van der Waals surface area contributed by atoms with Crippen LogP contribution in [-0.2, 0) is 0 Å². The van der Waals surface area contributed by atoms with Crippen LogP contribution < -0.4 is 0 Å². The van der Waals surface area contributed by atoms with Crippen LogP contribution in [0.1, 0.15) is 27.7 Å². The molecule has 0 radical (unpaired) electrons. The fourth-order valence-corrected chi connectivity index (χ4v) is 10.6. The molecule has 14 rings (SSSR count). The van der Waals surface area contributed by atoms with Gasteiger partial charge in [0.15, 0.2) is 17.5 Å². The lowest BCUT2D eigenvalue weighted by molar-refractivity contribution is 1.07. The minimum atomic E-state index is 0.620. The number of aromatic nitrogens is 6. The number of fused-ring (bicyclic) bond motifs is 10. The van der Waals surface area contributed by atoms with Crippen molar-refractivity contribution in [3.8, 4) is 62.4 Å². The average molecular weight is 941 g/mol. The van der Waals surface area contributed by atoms with Gasteiger partial charge >= 0.3 is 0 Å². The lowest BCUT2D eigenvalue weighted by atomic mass is 10.0. The standard InChI is InChI=1S/C63H40N6.2C2H6/c1-4-16-41(17-5-1)45-23-14-25-48(38-45)69-56-33-30-42-18-10-11-27-50(42)59(56)60-53-36-37-67(54(53)34-35-57(60)69)47-31-32-52-51-28-12-13-29-55(51)68(58(52)40-47)49-26-15-24-46(39-49)63-65-61(43-19-6-2-7-20-43)64-62(66-63)44-21-8-3-9-22-44;2*1-2/h1-40H;2*1-2H3. The van der Waals surface area contributed by atoms with E-state index >= 15 is 0 Å². The summed E-state index contributed by atoms with van der Waals surface area (Å²) in [4.78, 5) is 15.1. The van der Waals surface area contributed by atoms with Gasteiger partial charge in [0.25, 0.3) is 0 Å². The largest absolute Gasteiger partial charge is 0.316 e. The first-order chi connectivity index (χ1) is 36.2. The molecule has 0 fully saturated rings. The molecule has 0 bridgehead atoms. The molecule has 0 N–H and O–H groups in total. The summed E-state index contributed by atoms with van der Waals surface area (Å²) in [6.45, 7) is 8.00. The highest BCUT2D eigenvalue weighted by Crippen LogP contribution is 2.42. The first kappa shape index (κ1) is 44.8. The first-order valence-electron chi connectivity index (χ1n) is 25.3. The summed E-state index contributed by atoms with van der Waals surface area (Å²) in [5, 5.41) is 8.57. The monoisotopic (exact) mass is 940 g/mol. The van der Waals surface area contributed by atoms with Gasteiger partial charge in [0.1, 0.15) is 0 Å². The highest BCUT2D eigenvalue weighted by molar-refractivity contribution is 6.28. The second kappa shape index (κ2) is 19.1. The molecule has 73 heavy (non-hydrogen) atoms. The second-order valence-corrected chi connectivity index (χ2v) is 17.7. The van der Waals surface area contributed by atoms with E-state index in [1.54, 1.807) is 0 Å². The molecule has 350 valence electrons. The molecule has 0 aliphatic carbocycles. The highest BCUT2D eigenvalue weighted by Gasteiger charge is 2.21. The average Bonchev–Trinajstić information content (AvgIpc) is 4.17. The van der Waals surface area contributed by atoms with Crippen LogP contribution in [0.5, 0.6) is 0 Å². The van der Waals surface area contributed by atoms with E-state index in [-0.39, 0.29) is 0 Å². The van der Waals surface area contributed by atoms with Gasteiger partial charge in [-0.05, 0) is 88.6 Å². The molecule has 10 aromatic carbocycles. The Morgan fingerprint density at radius 2 is 0.753 bits per heavy atom. The van der Waals surface area contributed by atoms with E-state index in [4.69, 9.17) is 15.0 Å². The van der Waals surface area contributed by atoms with Crippen LogP contribution in [0.3, 0.4) is 0 Å². The summed E-state index contributed by atoms with van der Waals surface area (Å²) in [5.74, 6) is 1.89. The van der Waals surface area contributed by atoms with Crippen LogP contribution in [0, 0.1) is 0 Å². The van der Waals surface area contributed by atoms with Crippen LogP contribution in [0.4, 0.5) is 0 Å². The predicted octanol–water partition coefficient (Wildman–Crippen LogP) is 17.9. The van der Waals surface area contributed by atoms with Crippen molar-refractivity contribution in [2.45, 2.75) is 27.7 Å². The summed E-state index contributed by atoms with van der Waals surface area (Å²) in [6.07, 6.45) is 2.23. The molecule has 0 spiro atoms. The highest BCUT2D eigenvalue weighted by atomic mass is 15.0. The maximum absolute atomic E-state index is 5.08. The summed E-state index contributed by atoms with van der Waals surface area (Å²) in [5.41, 5.74) is 14.2. The molecule has 0 atom stereocenters. The number of hydrogen-bond donors (Lipinski definition) is 0. The molecule has 4 heterocycles. The van der Waals surface area contributed by atoms with E-state index in [2.05, 4.69) is 196 Å². The topological polar surface area (TPSA) is 53.5 Å². The number of benzene rings is 10. The van der Waals surface area contributed by atoms with Gasteiger partial charge in [0.05, 0.1) is 27.6 Å².